The highest BCUT2D eigenvalue weighted by Crippen LogP contribution is 2.41. The molecule has 0 N–H and O–H groups in total. The van der Waals surface area contributed by atoms with Gasteiger partial charge in [-0.3, -0.25) is 9.97 Å². The van der Waals surface area contributed by atoms with Crippen molar-refractivity contribution in [3.05, 3.63) is 83.2 Å². The molecule has 0 atom stereocenters. The lowest BCUT2D eigenvalue weighted by molar-refractivity contribution is 0.410. The van der Waals surface area contributed by atoms with E-state index in [1.807, 2.05) is 24.3 Å². The van der Waals surface area contributed by atoms with Gasteiger partial charge in [0.15, 0.2) is 5.58 Å². The molecule has 0 spiro atoms. The van der Waals surface area contributed by atoms with Gasteiger partial charge in [-0.15, -0.1) is 0 Å². The SMILES string of the molecule is [2H]C([2H])([2H])c1cnc(-c2cccc3c2oc2c(-c4cc(C(C)(C)C)cc(C(C)(C)C)c4)nccc23)cc1C([2H])([2H])C(C)(C)C. The van der Waals surface area contributed by atoms with Crippen LogP contribution in [0.25, 0.3) is 44.5 Å². The predicted molar refractivity (Wildman–Crippen MR) is 165 cm³/mol. The van der Waals surface area contributed by atoms with Crippen LogP contribution < -0.4 is 0 Å². The second kappa shape index (κ2) is 9.33. The number of aromatic nitrogens is 2. The van der Waals surface area contributed by atoms with Gasteiger partial charge in [-0.1, -0.05) is 80.5 Å². The zero-order chi connectivity index (χ0) is 32.6. The number of benzene rings is 2. The lowest BCUT2D eigenvalue weighted by atomic mass is 9.79. The summed E-state index contributed by atoms with van der Waals surface area (Å²) >= 11 is 0. The number of fused-ring (bicyclic) bond motifs is 3. The van der Waals surface area contributed by atoms with Crippen LogP contribution in [0.15, 0.2) is 65.3 Å². The number of pyridine rings is 2. The first kappa shape index (κ1) is 21.4. The Morgan fingerprint density at radius 1 is 0.795 bits per heavy atom. The van der Waals surface area contributed by atoms with E-state index in [1.54, 1.807) is 33.0 Å². The third-order valence-electron chi connectivity index (χ3n) is 7.04. The fourth-order valence-corrected chi connectivity index (χ4v) is 4.87. The van der Waals surface area contributed by atoms with Crippen molar-refractivity contribution in [3.63, 3.8) is 0 Å². The van der Waals surface area contributed by atoms with Gasteiger partial charge in [0.25, 0.3) is 0 Å². The van der Waals surface area contributed by atoms with Crippen LogP contribution in [0.2, 0.25) is 0 Å². The van der Waals surface area contributed by atoms with Gasteiger partial charge in [0, 0.05) is 41.1 Å². The average Bonchev–Trinajstić information content (AvgIpc) is 3.29. The maximum Gasteiger partial charge on any atom is 0.161 e. The number of para-hydroxylation sites is 1. The quantitative estimate of drug-likeness (QED) is 0.236. The summed E-state index contributed by atoms with van der Waals surface area (Å²) in [4.78, 5) is 9.36. The summed E-state index contributed by atoms with van der Waals surface area (Å²) in [6, 6.07) is 16.0. The van der Waals surface area contributed by atoms with Crippen LogP contribution in [-0.2, 0) is 17.2 Å². The smallest absolute Gasteiger partial charge is 0.161 e. The molecule has 0 aliphatic carbocycles. The maximum atomic E-state index is 8.95. The zero-order valence-electron chi connectivity index (χ0n) is 29.6. The first-order valence-corrected chi connectivity index (χ1v) is 13.6. The second-order valence-electron chi connectivity index (χ2n) is 13.6. The van der Waals surface area contributed by atoms with E-state index >= 15 is 0 Å². The number of furan rings is 1. The van der Waals surface area contributed by atoms with Crippen LogP contribution in [0.4, 0.5) is 0 Å². The molecule has 2 aromatic carbocycles. The summed E-state index contributed by atoms with van der Waals surface area (Å²) in [7, 11) is 0. The van der Waals surface area contributed by atoms with E-state index in [-0.39, 0.29) is 22.0 Å². The fourth-order valence-electron chi connectivity index (χ4n) is 4.87. The van der Waals surface area contributed by atoms with Crippen LogP contribution in [0.5, 0.6) is 0 Å². The zero-order valence-corrected chi connectivity index (χ0v) is 24.6. The van der Waals surface area contributed by atoms with Crippen molar-refractivity contribution >= 4 is 21.9 Å². The van der Waals surface area contributed by atoms with Crippen LogP contribution >= 0.6 is 0 Å². The molecule has 5 rings (SSSR count). The molecule has 0 fully saturated rings. The van der Waals surface area contributed by atoms with E-state index in [9.17, 15) is 0 Å². The molecule has 3 heteroatoms. The standard InChI is InChI=1S/C36H42N2O/c1-22-21-38-30(18-24(22)20-34(2,3)4)29-13-11-12-27-28-14-15-37-31(33(28)39-32(27)29)23-16-25(35(5,6)7)19-26(17-23)36(8,9)10/h11-19,21H,20H2,1-10H3/i1D3,20D2. The highest BCUT2D eigenvalue weighted by Gasteiger charge is 2.24. The third-order valence-corrected chi connectivity index (χ3v) is 7.04. The third kappa shape index (κ3) is 5.37. The van der Waals surface area contributed by atoms with Crippen molar-refractivity contribution in [3.8, 4) is 22.5 Å². The number of hydrogen-bond donors (Lipinski definition) is 0. The van der Waals surface area contributed by atoms with Gasteiger partial charge >= 0.3 is 0 Å². The molecule has 202 valence electrons. The molecule has 0 radical (unpaired) electrons. The van der Waals surface area contributed by atoms with Crippen molar-refractivity contribution in [2.24, 2.45) is 5.41 Å². The minimum absolute atomic E-state index is 0.0623. The minimum Gasteiger partial charge on any atom is -0.453 e. The maximum absolute atomic E-state index is 8.95. The van der Waals surface area contributed by atoms with E-state index in [2.05, 4.69) is 64.7 Å². The van der Waals surface area contributed by atoms with Crippen molar-refractivity contribution in [2.45, 2.75) is 86.4 Å². The Morgan fingerprint density at radius 2 is 1.46 bits per heavy atom. The van der Waals surface area contributed by atoms with E-state index in [0.717, 1.165) is 22.0 Å². The molecule has 3 aromatic heterocycles. The minimum atomic E-state index is -2.51. The van der Waals surface area contributed by atoms with E-state index in [0.29, 0.717) is 22.4 Å². The van der Waals surface area contributed by atoms with E-state index in [4.69, 9.17) is 16.3 Å². The summed E-state index contributed by atoms with van der Waals surface area (Å²) in [5.74, 6) is 0. The molecule has 0 aliphatic heterocycles. The first-order chi connectivity index (χ1) is 20.1. The molecule has 3 nitrogen and oxygen atoms in total. The van der Waals surface area contributed by atoms with Gasteiger partial charge in [0.05, 0.1) is 5.69 Å². The van der Waals surface area contributed by atoms with Crippen molar-refractivity contribution in [1.82, 2.24) is 9.97 Å². The Bertz CT molecular complexity index is 1850. The molecule has 3 heterocycles. The molecule has 5 aromatic rings. The van der Waals surface area contributed by atoms with Gasteiger partial charge in [-0.2, -0.15) is 0 Å². The molecule has 0 unspecified atom stereocenters. The molecule has 0 aliphatic rings. The summed E-state index contributed by atoms with van der Waals surface area (Å²) in [5.41, 5.74) is 5.57. The summed E-state index contributed by atoms with van der Waals surface area (Å²) in [5, 5.41) is 1.79. The summed E-state index contributed by atoms with van der Waals surface area (Å²) in [6.45, 7) is 16.0. The predicted octanol–water partition coefficient (Wildman–Crippen LogP) is 10.2. The van der Waals surface area contributed by atoms with Crippen LogP contribution in [0.1, 0.15) is 91.4 Å². The highest BCUT2D eigenvalue weighted by molar-refractivity contribution is 6.12. The Labute approximate surface area is 240 Å². The molecular weight excluding hydrogens is 476 g/mol. The Morgan fingerprint density at radius 3 is 2.08 bits per heavy atom. The van der Waals surface area contributed by atoms with Gasteiger partial charge in [-0.05, 0) is 82.1 Å². The number of hydrogen-bond acceptors (Lipinski definition) is 3. The lowest BCUT2D eigenvalue weighted by Crippen LogP contribution is -2.16. The lowest BCUT2D eigenvalue weighted by Gasteiger charge is -2.26. The Kier molecular flexibility index (Phi) is 5.11. The Balaban J connectivity index is 1.78. The normalized spacial score (nSPS) is 15.6. The molecule has 0 amide bonds. The largest absolute Gasteiger partial charge is 0.453 e. The second-order valence-corrected chi connectivity index (χ2v) is 13.6. The number of rotatable bonds is 3. The van der Waals surface area contributed by atoms with Crippen LogP contribution in [0.3, 0.4) is 0 Å². The molecular formula is C36H42N2O. The average molecular weight is 524 g/mol. The summed E-state index contributed by atoms with van der Waals surface area (Å²) in [6.07, 6.45) is 1.16. The first-order valence-electron chi connectivity index (χ1n) is 16.1. The van der Waals surface area contributed by atoms with E-state index < -0.39 is 18.6 Å². The van der Waals surface area contributed by atoms with Crippen LogP contribution in [-0.4, -0.2) is 9.97 Å². The van der Waals surface area contributed by atoms with Gasteiger partial charge in [0.2, 0.25) is 0 Å². The van der Waals surface area contributed by atoms with Crippen molar-refractivity contribution in [2.75, 3.05) is 0 Å². The van der Waals surface area contributed by atoms with E-state index in [1.165, 1.54) is 17.3 Å². The monoisotopic (exact) mass is 523 g/mol. The fraction of sp³-hybridized carbons (Fsp3) is 0.389. The topological polar surface area (TPSA) is 38.9 Å². The molecule has 39 heavy (non-hydrogen) atoms. The Hall–Kier alpha value is -3.46. The van der Waals surface area contributed by atoms with Crippen LogP contribution in [0, 0.1) is 12.3 Å². The molecule has 0 bridgehead atoms. The van der Waals surface area contributed by atoms with Crippen molar-refractivity contribution in [1.29, 1.82) is 0 Å². The van der Waals surface area contributed by atoms with Crippen molar-refractivity contribution < 1.29 is 11.3 Å². The highest BCUT2D eigenvalue weighted by atomic mass is 16.3. The number of nitrogens with zero attached hydrogens (tertiary/aromatic N) is 2. The summed E-state index contributed by atoms with van der Waals surface area (Å²) < 4.78 is 48.8. The van der Waals surface area contributed by atoms with Gasteiger partial charge < -0.3 is 4.42 Å². The van der Waals surface area contributed by atoms with Gasteiger partial charge in [0.1, 0.15) is 11.3 Å². The molecule has 0 saturated heterocycles. The van der Waals surface area contributed by atoms with Gasteiger partial charge in [-0.25, -0.2) is 0 Å². The number of aryl methyl sites for hydroxylation is 1. The molecule has 0 saturated carbocycles.